The molecule has 2 rings (SSSR count). The lowest BCUT2D eigenvalue weighted by Crippen LogP contribution is -2.35. The van der Waals surface area contributed by atoms with E-state index in [1.165, 1.54) is 4.80 Å². The number of hydrogen-bond acceptors (Lipinski definition) is 5. The second kappa shape index (κ2) is 6.11. The fraction of sp³-hybridized carbons (Fsp3) is 0.182. The number of nitrogens with two attached hydrogens (primary N) is 1. The number of imide groups is 1. The number of carbonyl (C=O) groups excluding carboxylic acids is 2. The Labute approximate surface area is 118 Å². The number of halogens is 1. The van der Waals surface area contributed by atoms with Crippen LogP contribution in [-0.2, 0) is 11.3 Å². The summed E-state index contributed by atoms with van der Waals surface area (Å²) in [6.07, 6.45) is 0.0271. The Morgan fingerprint density at radius 1 is 1.30 bits per heavy atom. The minimum Gasteiger partial charge on any atom is -0.351 e. The molecule has 0 saturated heterocycles. The van der Waals surface area contributed by atoms with Gasteiger partial charge in [-0.15, -0.1) is 10.2 Å². The molecule has 0 aliphatic rings. The number of aryl methyl sites for hydroxylation is 1. The van der Waals surface area contributed by atoms with Crippen LogP contribution in [0.3, 0.4) is 0 Å². The fourth-order valence-electron chi connectivity index (χ4n) is 1.45. The van der Waals surface area contributed by atoms with Crippen molar-refractivity contribution in [2.24, 2.45) is 5.73 Å². The number of rotatable bonds is 4. The van der Waals surface area contributed by atoms with E-state index in [2.05, 4.69) is 15.4 Å². The molecule has 2 aromatic rings. The van der Waals surface area contributed by atoms with Gasteiger partial charge in [0.1, 0.15) is 0 Å². The van der Waals surface area contributed by atoms with Crippen LogP contribution in [0.4, 0.5) is 4.79 Å². The van der Waals surface area contributed by atoms with Crippen LogP contribution in [0, 0.1) is 0 Å². The molecule has 1 heterocycles. The Hall–Kier alpha value is -2.48. The van der Waals surface area contributed by atoms with Gasteiger partial charge in [-0.25, -0.2) is 4.79 Å². The molecule has 0 fully saturated rings. The zero-order chi connectivity index (χ0) is 14.5. The summed E-state index contributed by atoms with van der Waals surface area (Å²) in [5.41, 5.74) is 5.59. The molecule has 0 radical (unpaired) electrons. The number of amides is 3. The van der Waals surface area contributed by atoms with Gasteiger partial charge in [0, 0.05) is 17.0 Å². The quantitative estimate of drug-likeness (QED) is 0.855. The number of nitrogens with zero attached hydrogens (tertiary/aromatic N) is 4. The monoisotopic (exact) mass is 294 g/mol. The first-order valence-corrected chi connectivity index (χ1v) is 6.05. The maximum absolute atomic E-state index is 11.2. The number of benzene rings is 1. The largest absolute Gasteiger partial charge is 0.351 e. The van der Waals surface area contributed by atoms with Crippen molar-refractivity contribution in [1.29, 1.82) is 0 Å². The van der Waals surface area contributed by atoms with Gasteiger partial charge in [0.15, 0.2) is 0 Å². The minimum absolute atomic E-state index is 0.0271. The van der Waals surface area contributed by atoms with Crippen LogP contribution in [0.2, 0.25) is 5.02 Å². The lowest BCUT2D eigenvalue weighted by Gasteiger charge is -1.99. The van der Waals surface area contributed by atoms with Crippen LogP contribution in [0.15, 0.2) is 24.3 Å². The summed E-state index contributed by atoms with van der Waals surface area (Å²) in [7, 11) is 0. The molecule has 0 atom stereocenters. The molecular weight excluding hydrogens is 284 g/mol. The molecule has 3 amide bonds. The number of hydrogen-bond donors (Lipinski definition) is 2. The van der Waals surface area contributed by atoms with Crippen LogP contribution < -0.4 is 11.1 Å². The van der Waals surface area contributed by atoms with E-state index in [-0.39, 0.29) is 13.0 Å². The van der Waals surface area contributed by atoms with Crippen molar-refractivity contribution in [2.45, 2.75) is 13.0 Å². The first-order chi connectivity index (χ1) is 9.54. The summed E-state index contributed by atoms with van der Waals surface area (Å²) in [6, 6.07) is 6.09. The van der Waals surface area contributed by atoms with Crippen LogP contribution >= 0.6 is 11.6 Å². The van der Waals surface area contributed by atoms with Crippen LogP contribution in [0.1, 0.15) is 6.42 Å². The van der Waals surface area contributed by atoms with Gasteiger partial charge in [-0.3, -0.25) is 10.1 Å². The van der Waals surface area contributed by atoms with Crippen molar-refractivity contribution < 1.29 is 9.59 Å². The molecule has 20 heavy (non-hydrogen) atoms. The van der Waals surface area contributed by atoms with Crippen molar-refractivity contribution in [3.05, 3.63) is 29.3 Å². The van der Waals surface area contributed by atoms with E-state index in [0.29, 0.717) is 10.8 Å². The van der Waals surface area contributed by atoms with Crippen LogP contribution in [-0.4, -0.2) is 32.1 Å². The molecule has 3 N–H and O–H groups in total. The second-order valence-electron chi connectivity index (χ2n) is 3.88. The molecule has 0 spiro atoms. The topological polar surface area (TPSA) is 116 Å². The van der Waals surface area contributed by atoms with Gasteiger partial charge in [-0.1, -0.05) is 11.6 Å². The smallest absolute Gasteiger partial charge is 0.318 e. The summed E-state index contributed by atoms with van der Waals surface area (Å²) in [6.45, 7) is 0.194. The Morgan fingerprint density at radius 2 is 2.00 bits per heavy atom. The number of carbonyl (C=O) groups is 2. The second-order valence-corrected chi connectivity index (χ2v) is 4.31. The molecule has 0 bridgehead atoms. The molecule has 1 aromatic carbocycles. The normalized spacial score (nSPS) is 10.2. The molecule has 1 aromatic heterocycles. The lowest BCUT2D eigenvalue weighted by molar-refractivity contribution is -0.120. The van der Waals surface area contributed by atoms with E-state index in [4.69, 9.17) is 17.3 Å². The van der Waals surface area contributed by atoms with Crippen LogP contribution in [0.25, 0.3) is 11.4 Å². The van der Waals surface area contributed by atoms with Gasteiger partial charge >= 0.3 is 6.03 Å². The Morgan fingerprint density at radius 3 is 2.65 bits per heavy atom. The molecule has 8 nitrogen and oxygen atoms in total. The maximum atomic E-state index is 11.2. The predicted molar refractivity (Wildman–Crippen MR) is 70.6 cm³/mol. The van der Waals surface area contributed by atoms with Crippen molar-refractivity contribution in [3.63, 3.8) is 0 Å². The number of nitrogens with one attached hydrogen (secondary N) is 1. The number of tetrazole rings is 1. The predicted octanol–water partition coefficient (Wildman–Crippen LogP) is 0.578. The third kappa shape index (κ3) is 3.75. The van der Waals surface area contributed by atoms with Gasteiger partial charge in [0.05, 0.1) is 6.54 Å². The van der Waals surface area contributed by atoms with E-state index in [1.54, 1.807) is 24.3 Å². The molecule has 0 saturated carbocycles. The zero-order valence-electron chi connectivity index (χ0n) is 10.3. The van der Waals surface area contributed by atoms with E-state index in [1.807, 2.05) is 5.32 Å². The standard InChI is InChI=1S/C11H11ClN6O2/c12-8-3-1-7(2-4-8)10-15-17-18(16-10)6-5-9(19)14-11(13)20/h1-4H,5-6H2,(H3,13,14,19,20). The zero-order valence-corrected chi connectivity index (χ0v) is 11.0. The highest BCUT2D eigenvalue weighted by Crippen LogP contribution is 2.16. The van der Waals surface area contributed by atoms with Gasteiger partial charge in [-0.2, -0.15) is 4.80 Å². The highest BCUT2D eigenvalue weighted by molar-refractivity contribution is 6.30. The van der Waals surface area contributed by atoms with E-state index < -0.39 is 11.9 Å². The summed E-state index contributed by atoms with van der Waals surface area (Å²) < 4.78 is 0. The minimum atomic E-state index is -0.886. The van der Waals surface area contributed by atoms with Crippen molar-refractivity contribution in [2.75, 3.05) is 0 Å². The third-order valence-corrected chi connectivity index (χ3v) is 2.61. The van der Waals surface area contributed by atoms with Gasteiger partial charge in [0.25, 0.3) is 0 Å². The average molecular weight is 295 g/mol. The van der Waals surface area contributed by atoms with Crippen molar-refractivity contribution in [3.8, 4) is 11.4 Å². The van der Waals surface area contributed by atoms with Crippen molar-refractivity contribution >= 4 is 23.5 Å². The van der Waals surface area contributed by atoms with Gasteiger partial charge in [-0.05, 0) is 29.5 Å². The number of urea groups is 1. The molecule has 0 aliphatic carbocycles. The van der Waals surface area contributed by atoms with Gasteiger partial charge in [0.2, 0.25) is 11.7 Å². The Bertz CT molecular complexity index is 624. The molecule has 9 heteroatoms. The third-order valence-electron chi connectivity index (χ3n) is 2.36. The Balaban J connectivity index is 1.97. The first kappa shape index (κ1) is 13.9. The number of aromatic nitrogens is 4. The number of primary amides is 1. The summed E-state index contributed by atoms with van der Waals surface area (Å²) in [5, 5.41) is 14.4. The average Bonchev–Trinajstić information content (AvgIpc) is 2.85. The fourth-order valence-corrected chi connectivity index (χ4v) is 1.58. The first-order valence-electron chi connectivity index (χ1n) is 5.67. The Kier molecular flexibility index (Phi) is 4.26. The summed E-state index contributed by atoms with van der Waals surface area (Å²) >= 11 is 5.79. The van der Waals surface area contributed by atoms with E-state index >= 15 is 0 Å². The molecule has 0 aliphatic heterocycles. The lowest BCUT2D eigenvalue weighted by atomic mass is 10.2. The van der Waals surface area contributed by atoms with Gasteiger partial charge < -0.3 is 5.73 Å². The summed E-state index contributed by atoms with van der Waals surface area (Å²) in [4.78, 5) is 23.0. The molecular formula is C11H11ClN6O2. The maximum Gasteiger partial charge on any atom is 0.318 e. The van der Waals surface area contributed by atoms with Crippen LogP contribution in [0.5, 0.6) is 0 Å². The SMILES string of the molecule is NC(=O)NC(=O)CCn1nnc(-c2ccc(Cl)cc2)n1. The molecule has 0 unspecified atom stereocenters. The highest BCUT2D eigenvalue weighted by Gasteiger charge is 2.08. The van der Waals surface area contributed by atoms with E-state index in [9.17, 15) is 9.59 Å². The molecule has 104 valence electrons. The highest BCUT2D eigenvalue weighted by atomic mass is 35.5. The summed E-state index contributed by atoms with van der Waals surface area (Å²) in [5.74, 6) is -0.0696. The van der Waals surface area contributed by atoms with Crippen molar-refractivity contribution in [1.82, 2.24) is 25.5 Å². The van der Waals surface area contributed by atoms with E-state index in [0.717, 1.165) is 5.56 Å².